The van der Waals surface area contributed by atoms with Gasteiger partial charge in [0, 0.05) is 18.0 Å². The molecule has 0 spiro atoms. The second-order valence-electron chi connectivity index (χ2n) is 6.65. The van der Waals surface area contributed by atoms with E-state index in [4.69, 9.17) is 14.7 Å². The Kier molecular flexibility index (Phi) is 5.81. The number of para-hydroxylation sites is 1. The van der Waals surface area contributed by atoms with Crippen LogP contribution in [0.3, 0.4) is 0 Å². The fourth-order valence-electron chi connectivity index (χ4n) is 2.97. The number of amides is 1. The molecule has 0 fully saturated rings. The zero-order chi connectivity index (χ0) is 22.5. The Balaban J connectivity index is 1.44. The summed E-state index contributed by atoms with van der Waals surface area (Å²) in [5.41, 5.74) is 1.40. The number of nitriles is 1. The lowest BCUT2D eigenvalue weighted by molar-refractivity contribution is 0.102. The van der Waals surface area contributed by atoms with Gasteiger partial charge in [-0.2, -0.15) is 10.4 Å². The molecule has 0 bridgehead atoms. The van der Waals surface area contributed by atoms with E-state index in [1.165, 1.54) is 30.1 Å². The summed E-state index contributed by atoms with van der Waals surface area (Å²) in [6.45, 7) is 0. The first-order valence-electron chi connectivity index (χ1n) is 9.55. The third-order valence-electron chi connectivity index (χ3n) is 4.55. The molecule has 0 aliphatic rings. The summed E-state index contributed by atoms with van der Waals surface area (Å²) >= 11 is 0. The number of ether oxygens (including phenoxy) is 2. The van der Waals surface area contributed by atoms with Crippen molar-refractivity contribution in [3.8, 4) is 29.0 Å². The second kappa shape index (κ2) is 9.02. The average Bonchev–Trinajstić information content (AvgIpc) is 3.31. The van der Waals surface area contributed by atoms with Crippen LogP contribution in [-0.2, 0) is 0 Å². The topological polar surface area (TPSA) is 89.2 Å². The normalized spacial score (nSPS) is 10.3. The molecule has 7 nitrogen and oxygen atoms in total. The van der Waals surface area contributed by atoms with Gasteiger partial charge in [0.05, 0.1) is 18.7 Å². The first-order valence-corrected chi connectivity index (χ1v) is 9.55. The lowest BCUT2D eigenvalue weighted by Gasteiger charge is -2.11. The van der Waals surface area contributed by atoms with E-state index >= 15 is 0 Å². The van der Waals surface area contributed by atoms with Gasteiger partial charge in [-0.05, 0) is 54.6 Å². The number of anilines is 1. The minimum absolute atomic E-state index is 0.149. The molecule has 1 amide bonds. The smallest absolute Gasteiger partial charge is 0.276 e. The Bertz CT molecular complexity index is 1310. The van der Waals surface area contributed by atoms with Crippen molar-refractivity contribution < 1.29 is 18.7 Å². The number of carbonyl (C=O) groups excluding carboxylic acids is 1. The van der Waals surface area contributed by atoms with Gasteiger partial charge in [-0.1, -0.05) is 12.1 Å². The molecular weight excluding hydrogens is 411 g/mol. The predicted molar refractivity (Wildman–Crippen MR) is 116 cm³/mol. The van der Waals surface area contributed by atoms with Crippen LogP contribution in [0.2, 0.25) is 0 Å². The second-order valence-corrected chi connectivity index (χ2v) is 6.65. The highest BCUT2D eigenvalue weighted by molar-refractivity contribution is 6.02. The van der Waals surface area contributed by atoms with Crippen LogP contribution in [0.4, 0.5) is 10.1 Å². The molecule has 1 heterocycles. The molecule has 0 aliphatic heterocycles. The maximum Gasteiger partial charge on any atom is 0.276 e. The van der Waals surface area contributed by atoms with Crippen LogP contribution >= 0.6 is 0 Å². The molecule has 4 rings (SSSR count). The van der Waals surface area contributed by atoms with Crippen LogP contribution in [0.25, 0.3) is 5.69 Å². The number of nitrogens with one attached hydrogen (secondary N) is 1. The quantitative estimate of drug-likeness (QED) is 0.470. The molecule has 1 N–H and O–H groups in total. The summed E-state index contributed by atoms with van der Waals surface area (Å²) in [7, 11) is 1.50. The molecule has 0 saturated carbocycles. The number of rotatable bonds is 6. The Morgan fingerprint density at radius 2 is 1.84 bits per heavy atom. The minimum atomic E-state index is -0.433. The van der Waals surface area contributed by atoms with Gasteiger partial charge < -0.3 is 14.8 Å². The van der Waals surface area contributed by atoms with Gasteiger partial charge >= 0.3 is 0 Å². The Hall–Kier alpha value is -4.64. The Morgan fingerprint density at radius 3 is 2.56 bits per heavy atom. The van der Waals surface area contributed by atoms with Crippen LogP contribution in [0.15, 0.2) is 79.0 Å². The lowest BCUT2D eigenvalue weighted by Crippen LogP contribution is -2.13. The number of nitrogens with zero attached hydrogens (tertiary/aromatic N) is 3. The van der Waals surface area contributed by atoms with Gasteiger partial charge in [-0.25, -0.2) is 9.07 Å². The van der Waals surface area contributed by atoms with E-state index in [0.29, 0.717) is 28.5 Å². The Morgan fingerprint density at radius 1 is 1.06 bits per heavy atom. The van der Waals surface area contributed by atoms with Crippen LogP contribution in [0.5, 0.6) is 17.2 Å². The minimum Gasteiger partial charge on any atom is -0.493 e. The predicted octanol–water partition coefficient (Wildman–Crippen LogP) is 4.94. The van der Waals surface area contributed by atoms with Crippen molar-refractivity contribution in [2.45, 2.75) is 0 Å². The zero-order valence-electron chi connectivity index (χ0n) is 16.9. The van der Waals surface area contributed by atoms with E-state index in [2.05, 4.69) is 10.4 Å². The highest BCUT2D eigenvalue weighted by atomic mass is 19.1. The van der Waals surface area contributed by atoms with Crippen molar-refractivity contribution in [3.63, 3.8) is 0 Å². The summed E-state index contributed by atoms with van der Waals surface area (Å²) in [4.78, 5) is 12.5. The first kappa shape index (κ1) is 20.6. The number of benzene rings is 3. The fraction of sp³-hybridized carbons (Fsp3) is 0.0417. The Labute approximate surface area is 183 Å². The third-order valence-corrected chi connectivity index (χ3v) is 4.55. The number of hydrogen-bond acceptors (Lipinski definition) is 5. The van der Waals surface area contributed by atoms with E-state index in [1.54, 1.807) is 60.7 Å². The van der Waals surface area contributed by atoms with Crippen LogP contribution in [0, 0.1) is 17.1 Å². The maximum atomic E-state index is 13.9. The molecule has 32 heavy (non-hydrogen) atoms. The third kappa shape index (κ3) is 4.42. The fourth-order valence-corrected chi connectivity index (χ4v) is 2.97. The summed E-state index contributed by atoms with van der Waals surface area (Å²) in [6, 6.07) is 21.3. The summed E-state index contributed by atoms with van der Waals surface area (Å²) in [6.07, 6.45) is 1.52. The number of carbonyl (C=O) groups is 1. The molecule has 0 atom stereocenters. The van der Waals surface area contributed by atoms with Crippen molar-refractivity contribution in [1.29, 1.82) is 5.26 Å². The number of halogens is 1. The standard InChI is InChI=1S/C24H17FN4O3/c1-31-23-14-16(15-26)6-11-22(23)32-18-9-7-17(8-10-18)27-24(30)20-12-13-29(28-20)21-5-3-2-4-19(21)25/h2-14H,1H3,(H,27,30). The molecule has 3 aromatic carbocycles. The number of methoxy groups -OCH3 is 1. The van der Waals surface area contributed by atoms with Crippen LogP contribution < -0.4 is 14.8 Å². The van der Waals surface area contributed by atoms with E-state index in [-0.39, 0.29) is 11.4 Å². The molecule has 8 heteroatoms. The van der Waals surface area contributed by atoms with Gasteiger partial charge in [-0.15, -0.1) is 0 Å². The van der Waals surface area contributed by atoms with Crippen molar-refractivity contribution >= 4 is 11.6 Å². The molecule has 4 aromatic rings. The van der Waals surface area contributed by atoms with Crippen molar-refractivity contribution in [1.82, 2.24) is 9.78 Å². The molecule has 158 valence electrons. The van der Waals surface area contributed by atoms with Crippen LogP contribution in [-0.4, -0.2) is 22.8 Å². The number of hydrogen-bond donors (Lipinski definition) is 1. The van der Waals surface area contributed by atoms with Gasteiger partial charge in [-0.3, -0.25) is 4.79 Å². The zero-order valence-corrected chi connectivity index (χ0v) is 16.9. The van der Waals surface area contributed by atoms with Gasteiger partial charge in [0.25, 0.3) is 5.91 Å². The van der Waals surface area contributed by atoms with Gasteiger partial charge in [0.2, 0.25) is 0 Å². The molecular formula is C24H17FN4O3. The van der Waals surface area contributed by atoms with E-state index < -0.39 is 11.7 Å². The lowest BCUT2D eigenvalue weighted by atomic mass is 10.2. The van der Waals surface area contributed by atoms with Crippen molar-refractivity contribution in [3.05, 3.63) is 96.1 Å². The van der Waals surface area contributed by atoms with E-state index in [1.807, 2.05) is 6.07 Å². The monoisotopic (exact) mass is 428 g/mol. The maximum absolute atomic E-state index is 13.9. The summed E-state index contributed by atoms with van der Waals surface area (Å²) in [5, 5.41) is 15.9. The summed E-state index contributed by atoms with van der Waals surface area (Å²) < 4.78 is 26.3. The highest BCUT2D eigenvalue weighted by Crippen LogP contribution is 2.32. The molecule has 1 aromatic heterocycles. The SMILES string of the molecule is COc1cc(C#N)ccc1Oc1ccc(NC(=O)c2ccn(-c3ccccc3F)n2)cc1. The van der Waals surface area contributed by atoms with Gasteiger partial charge in [0.1, 0.15) is 17.3 Å². The molecule has 0 unspecified atom stereocenters. The van der Waals surface area contributed by atoms with E-state index in [0.717, 1.165) is 0 Å². The molecule has 0 aliphatic carbocycles. The highest BCUT2D eigenvalue weighted by Gasteiger charge is 2.13. The van der Waals surface area contributed by atoms with E-state index in [9.17, 15) is 9.18 Å². The molecule has 0 radical (unpaired) electrons. The van der Waals surface area contributed by atoms with Crippen molar-refractivity contribution in [2.24, 2.45) is 0 Å². The average molecular weight is 428 g/mol. The first-order chi connectivity index (χ1) is 15.6. The largest absolute Gasteiger partial charge is 0.493 e. The number of aromatic nitrogens is 2. The van der Waals surface area contributed by atoms with Gasteiger partial charge in [0.15, 0.2) is 17.2 Å². The van der Waals surface area contributed by atoms with Crippen molar-refractivity contribution in [2.75, 3.05) is 12.4 Å². The van der Waals surface area contributed by atoms with Crippen LogP contribution in [0.1, 0.15) is 16.1 Å². The summed E-state index contributed by atoms with van der Waals surface area (Å²) in [5.74, 6) is 0.559. The molecule has 0 saturated heterocycles.